The Bertz CT molecular complexity index is 290. The quantitative estimate of drug-likeness (QED) is 0.732. The third-order valence-electron chi connectivity index (χ3n) is 1.67. The van der Waals surface area contributed by atoms with Gasteiger partial charge in [0.15, 0.2) is 0 Å². The van der Waals surface area contributed by atoms with Crippen LogP contribution in [0.1, 0.15) is 6.92 Å². The molecule has 1 aromatic rings. The molecule has 1 rings (SSSR count). The van der Waals surface area contributed by atoms with Crippen molar-refractivity contribution in [1.82, 2.24) is 14.9 Å². The van der Waals surface area contributed by atoms with Crippen LogP contribution >= 0.6 is 0 Å². The van der Waals surface area contributed by atoms with Crippen molar-refractivity contribution in [3.05, 3.63) is 18.3 Å². The Morgan fingerprint density at radius 3 is 2.79 bits per heavy atom. The lowest BCUT2D eigenvalue weighted by Crippen LogP contribution is -2.29. The maximum atomic E-state index is 12.7. The number of anilines is 1. The number of nitrogens with one attached hydrogen (secondary N) is 1. The van der Waals surface area contributed by atoms with Gasteiger partial charge >= 0.3 is 0 Å². The Balaban J connectivity index is 2.51. The lowest BCUT2D eigenvalue weighted by atomic mass is 10.3. The lowest BCUT2D eigenvalue weighted by Gasteiger charge is -2.18. The van der Waals surface area contributed by atoms with Crippen molar-refractivity contribution >= 4 is 5.82 Å². The Kier molecular flexibility index (Phi) is 3.76. The third kappa shape index (κ3) is 3.66. The monoisotopic (exact) mass is 198 g/mol. The molecule has 0 bridgehead atoms. The molecule has 14 heavy (non-hydrogen) atoms. The average molecular weight is 198 g/mol. The fourth-order valence-electron chi connectivity index (χ4n) is 1.26. The van der Waals surface area contributed by atoms with Crippen LogP contribution in [0.25, 0.3) is 0 Å². The molecule has 1 N–H and O–H groups in total. The molecule has 0 spiro atoms. The van der Waals surface area contributed by atoms with E-state index in [-0.39, 0.29) is 6.04 Å². The molecule has 0 saturated carbocycles. The van der Waals surface area contributed by atoms with E-state index in [0.717, 1.165) is 6.54 Å². The fraction of sp³-hybridized carbons (Fsp3) is 0.556. The summed E-state index contributed by atoms with van der Waals surface area (Å²) in [6.07, 6.45) is 1.21. The van der Waals surface area contributed by atoms with Gasteiger partial charge in [0.1, 0.15) is 12.1 Å². The molecule has 78 valence electrons. The van der Waals surface area contributed by atoms with Gasteiger partial charge < -0.3 is 10.2 Å². The molecule has 5 heteroatoms. The summed E-state index contributed by atoms with van der Waals surface area (Å²) in [6, 6.07) is 1.51. The van der Waals surface area contributed by atoms with E-state index >= 15 is 0 Å². The van der Waals surface area contributed by atoms with Crippen molar-refractivity contribution in [3.8, 4) is 0 Å². The van der Waals surface area contributed by atoms with E-state index in [2.05, 4.69) is 20.2 Å². The second-order valence-corrected chi connectivity index (χ2v) is 3.53. The second-order valence-electron chi connectivity index (χ2n) is 3.53. The molecule has 0 aliphatic carbocycles. The van der Waals surface area contributed by atoms with Gasteiger partial charge in [0, 0.05) is 18.7 Å². The van der Waals surface area contributed by atoms with Gasteiger partial charge in [-0.3, -0.25) is 0 Å². The summed E-state index contributed by atoms with van der Waals surface area (Å²) in [5, 5.41) is 3.08. The number of hydrogen-bond acceptors (Lipinski definition) is 4. The van der Waals surface area contributed by atoms with E-state index < -0.39 is 5.95 Å². The molecule has 1 heterocycles. The Labute approximate surface area is 83.2 Å². The molecule has 0 fully saturated rings. The highest BCUT2D eigenvalue weighted by molar-refractivity contribution is 5.33. The van der Waals surface area contributed by atoms with E-state index in [4.69, 9.17) is 0 Å². The van der Waals surface area contributed by atoms with Crippen LogP contribution < -0.4 is 5.32 Å². The number of likely N-dealkylation sites (N-methyl/N-ethyl adjacent to an activating group) is 1. The Hall–Kier alpha value is -1.23. The first-order valence-corrected chi connectivity index (χ1v) is 4.46. The zero-order valence-electron chi connectivity index (χ0n) is 8.66. The maximum Gasteiger partial charge on any atom is 0.217 e. The van der Waals surface area contributed by atoms with Crippen molar-refractivity contribution in [2.45, 2.75) is 13.0 Å². The smallest absolute Gasteiger partial charge is 0.217 e. The summed E-state index contributed by atoms with van der Waals surface area (Å²) in [4.78, 5) is 9.34. The number of hydrogen-bond donors (Lipinski definition) is 1. The highest BCUT2D eigenvalue weighted by Crippen LogP contribution is 2.04. The van der Waals surface area contributed by atoms with E-state index in [0.29, 0.717) is 5.82 Å². The third-order valence-corrected chi connectivity index (χ3v) is 1.67. The molecular formula is C9H15FN4. The molecular weight excluding hydrogens is 183 g/mol. The first-order valence-electron chi connectivity index (χ1n) is 4.46. The molecule has 1 unspecified atom stereocenters. The molecule has 0 aliphatic heterocycles. The summed E-state index contributed by atoms with van der Waals surface area (Å²) in [5.41, 5.74) is 0. The van der Waals surface area contributed by atoms with Crippen molar-refractivity contribution in [1.29, 1.82) is 0 Å². The molecule has 1 atom stereocenters. The summed E-state index contributed by atoms with van der Waals surface area (Å²) in [5.74, 6) is 0.00593. The highest BCUT2D eigenvalue weighted by Gasteiger charge is 2.04. The van der Waals surface area contributed by atoms with E-state index in [1.165, 1.54) is 12.4 Å². The van der Waals surface area contributed by atoms with Crippen LogP contribution in [0, 0.1) is 5.95 Å². The normalized spacial score (nSPS) is 12.9. The van der Waals surface area contributed by atoms with E-state index in [1.54, 1.807) is 0 Å². The first kappa shape index (κ1) is 10.8. The minimum Gasteiger partial charge on any atom is -0.366 e. The predicted molar refractivity (Wildman–Crippen MR) is 53.6 cm³/mol. The van der Waals surface area contributed by atoms with Crippen LogP contribution in [0.5, 0.6) is 0 Å². The van der Waals surface area contributed by atoms with Crippen molar-refractivity contribution in [2.75, 3.05) is 26.0 Å². The summed E-state index contributed by atoms with van der Waals surface area (Å²) >= 11 is 0. The van der Waals surface area contributed by atoms with E-state index in [9.17, 15) is 4.39 Å². The Morgan fingerprint density at radius 2 is 2.21 bits per heavy atom. The van der Waals surface area contributed by atoms with Gasteiger partial charge in [-0.05, 0) is 21.0 Å². The number of rotatable bonds is 4. The first-order chi connectivity index (χ1) is 6.58. The number of halogens is 1. The molecule has 0 aromatic carbocycles. The minimum atomic E-state index is -0.514. The van der Waals surface area contributed by atoms with Crippen LogP contribution in [0.4, 0.5) is 10.2 Å². The van der Waals surface area contributed by atoms with Crippen LogP contribution in [0.3, 0.4) is 0 Å². The zero-order valence-corrected chi connectivity index (χ0v) is 8.66. The molecule has 0 aliphatic rings. The van der Waals surface area contributed by atoms with Gasteiger partial charge in [0.2, 0.25) is 5.95 Å². The second kappa shape index (κ2) is 4.85. The molecule has 0 amide bonds. The average Bonchev–Trinajstić information content (AvgIpc) is 2.01. The standard InChI is InChI=1S/C9H15FN4/c1-7(5-14(2)3)13-9-4-8(10)11-6-12-9/h4,6-7H,5H2,1-3H3,(H,11,12,13). The lowest BCUT2D eigenvalue weighted by molar-refractivity contribution is 0.391. The van der Waals surface area contributed by atoms with Crippen LogP contribution in [-0.4, -0.2) is 41.5 Å². The predicted octanol–water partition coefficient (Wildman–Crippen LogP) is 0.978. The largest absolute Gasteiger partial charge is 0.366 e. The molecule has 0 radical (unpaired) electrons. The number of aromatic nitrogens is 2. The summed E-state index contributed by atoms with van der Waals surface area (Å²) < 4.78 is 12.7. The zero-order chi connectivity index (χ0) is 10.6. The maximum absolute atomic E-state index is 12.7. The van der Waals surface area contributed by atoms with Gasteiger partial charge in [0.25, 0.3) is 0 Å². The topological polar surface area (TPSA) is 41.0 Å². The SMILES string of the molecule is CC(CN(C)C)Nc1cc(F)ncn1. The minimum absolute atomic E-state index is 0.222. The van der Waals surface area contributed by atoms with Crippen molar-refractivity contribution < 1.29 is 4.39 Å². The van der Waals surface area contributed by atoms with Gasteiger partial charge in [-0.2, -0.15) is 4.39 Å². The van der Waals surface area contributed by atoms with Gasteiger partial charge in [-0.1, -0.05) is 0 Å². The summed E-state index contributed by atoms with van der Waals surface area (Å²) in [6.45, 7) is 2.88. The van der Waals surface area contributed by atoms with Crippen molar-refractivity contribution in [2.24, 2.45) is 0 Å². The van der Waals surface area contributed by atoms with Gasteiger partial charge in [0.05, 0.1) is 0 Å². The van der Waals surface area contributed by atoms with Crippen LogP contribution in [0.2, 0.25) is 0 Å². The van der Waals surface area contributed by atoms with Crippen molar-refractivity contribution in [3.63, 3.8) is 0 Å². The van der Waals surface area contributed by atoms with Gasteiger partial charge in [-0.25, -0.2) is 9.97 Å². The number of nitrogens with zero attached hydrogens (tertiary/aromatic N) is 3. The van der Waals surface area contributed by atoms with E-state index in [1.807, 2.05) is 21.0 Å². The highest BCUT2D eigenvalue weighted by atomic mass is 19.1. The summed E-state index contributed by atoms with van der Waals surface area (Å²) in [7, 11) is 3.97. The molecule has 4 nitrogen and oxygen atoms in total. The fourth-order valence-corrected chi connectivity index (χ4v) is 1.26. The van der Waals surface area contributed by atoms with Crippen LogP contribution in [0.15, 0.2) is 12.4 Å². The Morgan fingerprint density at radius 1 is 1.50 bits per heavy atom. The molecule has 1 aromatic heterocycles. The van der Waals surface area contributed by atoms with Crippen LogP contribution in [-0.2, 0) is 0 Å². The molecule has 0 saturated heterocycles. The van der Waals surface area contributed by atoms with Gasteiger partial charge in [-0.15, -0.1) is 0 Å².